The third-order valence-electron chi connectivity index (χ3n) is 4.41. The lowest BCUT2D eigenvalue weighted by Gasteiger charge is -2.30. The first-order valence-electron chi connectivity index (χ1n) is 7.44. The van der Waals surface area contributed by atoms with E-state index in [0.29, 0.717) is 5.41 Å². The van der Waals surface area contributed by atoms with Crippen LogP contribution in [0.2, 0.25) is 0 Å². The van der Waals surface area contributed by atoms with Crippen molar-refractivity contribution in [2.24, 2.45) is 11.3 Å². The van der Waals surface area contributed by atoms with E-state index in [1.54, 1.807) is 0 Å². The van der Waals surface area contributed by atoms with Gasteiger partial charge in [0.25, 0.3) is 0 Å². The summed E-state index contributed by atoms with van der Waals surface area (Å²) in [6.07, 6.45) is 4.88. The average Bonchev–Trinajstić information content (AvgIpc) is 3.19. The highest BCUT2D eigenvalue weighted by Gasteiger charge is 2.42. The summed E-state index contributed by atoms with van der Waals surface area (Å²) in [6, 6.07) is 0. The van der Waals surface area contributed by atoms with Crippen LogP contribution in [0.4, 0.5) is 0 Å². The topological polar surface area (TPSA) is 29.9 Å². The highest BCUT2D eigenvalue weighted by molar-refractivity contribution is 9.10. The number of halogens is 1. The number of hydrogen-bond donors (Lipinski definition) is 1. The molecule has 19 heavy (non-hydrogen) atoms. The predicted octanol–water partition coefficient (Wildman–Crippen LogP) is 3.41. The van der Waals surface area contributed by atoms with Gasteiger partial charge in [0.05, 0.1) is 15.9 Å². The molecule has 4 heteroatoms. The first-order valence-corrected chi connectivity index (χ1v) is 8.23. The molecular weight excluding hydrogens is 302 g/mol. The van der Waals surface area contributed by atoms with E-state index >= 15 is 0 Å². The molecule has 1 aliphatic carbocycles. The molecule has 0 saturated heterocycles. The Morgan fingerprint density at radius 1 is 1.42 bits per heavy atom. The van der Waals surface area contributed by atoms with E-state index in [1.165, 1.54) is 28.7 Å². The molecule has 1 aromatic rings. The van der Waals surface area contributed by atoms with Crippen molar-refractivity contribution < 1.29 is 0 Å². The Labute approximate surface area is 125 Å². The van der Waals surface area contributed by atoms with E-state index in [0.717, 1.165) is 31.8 Å². The van der Waals surface area contributed by atoms with Crippen LogP contribution in [-0.2, 0) is 19.4 Å². The van der Waals surface area contributed by atoms with Crippen molar-refractivity contribution in [2.45, 2.75) is 53.0 Å². The smallest absolute Gasteiger partial charge is 0.0766 e. The minimum absolute atomic E-state index is 0.356. The van der Waals surface area contributed by atoms with Crippen LogP contribution in [-0.4, -0.2) is 23.4 Å². The Hall–Kier alpha value is -0.350. The molecule has 0 aromatic carbocycles. The summed E-state index contributed by atoms with van der Waals surface area (Å²) < 4.78 is 3.42. The SMILES string of the molecule is CCc1nn(CC)c(CC(C)(CNC)C2CC2)c1Br. The predicted molar refractivity (Wildman–Crippen MR) is 83.4 cm³/mol. The molecule has 1 saturated carbocycles. The Kier molecular flexibility index (Phi) is 4.72. The summed E-state index contributed by atoms with van der Waals surface area (Å²) in [5.74, 6) is 0.872. The number of aryl methyl sites for hydroxylation is 2. The summed E-state index contributed by atoms with van der Waals surface area (Å²) in [7, 11) is 2.06. The molecule has 0 spiro atoms. The molecule has 1 N–H and O–H groups in total. The quantitative estimate of drug-likeness (QED) is 0.831. The number of nitrogens with one attached hydrogen (secondary N) is 1. The first-order chi connectivity index (χ1) is 9.05. The summed E-state index contributed by atoms with van der Waals surface area (Å²) in [5, 5.41) is 8.10. The molecular formula is C15H26BrN3. The Morgan fingerprint density at radius 2 is 2.11 bits per heavy atom. The van der Waals surface area contributed by atoms with Crippen molar-refractivity contribution in [1.29, 1.82) is 0 Å². The molecule has 1 heterocycles. The van der Waals surface area contributed by atoms with Crippen LogP contribution in [0.1, 0.15) is 45.0 Å². The van der Waals surface area contributed by atoms with Crippen LogP contribution in [0.3, 0.4) is 0 Å². The Bertz CT molecular complexity index is 437. The molecule has 108 valence electrons. The summed E-state index contributed by atoms with van der Waals surface area (Å²) in [5.41, 5.74) is 2.93. The van der Waals surface area contributed by atoms with Gasteiger partial charge in [-0.15, -0.1) is 0 Å². The maximum absolute atomic E-state index is 4.72. The van der Waals surface area contributed by atoms with Gasteiger partial charge in [0, 0.05) is 13.1 Å². The maximum atomic E-state index is 4.72. The van der Waals surface area contributed by atoms with Crippen molar-refractivity contribution in [2.75, 3.05) is 13.6 Å². The fourth-order valence-electron chi connectivity index (χ4n) is 3.10. The van der Waals surface area contributed by atoms with Crippen molar-refractivity contribution in [1.82, 2.24) is 15.1 Å². The highest BCUT2D eigenvalue weighted by Crippen LogP contribution is 2.47. The van der Waals surface area contributed by atoms with E-state index in [2.05, 4.69) is 53.7 Å². The molecule has 1 fully saturated rings. The normalized spacial score (nSPS) is 18.6. The summed E-state index contributed by atoms with van der Waals surface area (Å²) in [4.78, 5) is 0. The van der Waals surface area contributed by atoms with Crippen LogP contribution < -0.4 is 5.32 Å². The molecule has 0 aliphatic heterocycles. The van der Waals surface area contributed by atoms with Crippen molar-refractivity contribution in [3.63, 3.8) is 0 Å². The average molecular weight is 328 g/mol. The zero-order valence-corrected chi connectivity index (χ0v) is 14.2. The van der Waals surface area contributed by atoms with Crippen molar-refractivity contribution >= 4 is 15.9 Å². The number of rotatable bonds is 7. The summed E-state index contributed by atoms with van der Waals surface area (Å²) in [6.45, 7) is 8.81. The van der Waals surface area contributed by atoms with Gasteiger partial charge in [0.1, 0.15) is 0 Å². The minimum Gasteiger partial charge on any atom is -0.319 e. The van der Waals surface area contributed by atoms with Gasteiger partial charge in [-0.2, -0.15) is 5.10 Å². The second-order valence-corrected chi connectivity index (χ2v) is 6.81. The standard InChI is InChI=1S/C15H26BrN3/c1-5-12-14(16)13(19(6-2)18-12)9-15(3,10-17-4)11-7-8-11/h11,17H,5-10H2,1-4H3. The zero-order chi connectivity index (χ0) is 14.0. The van der Waals surface area contributed by atoms with E-state index < -0.39 is 0 Å². The first kappa shape index (κ1) is 15.0. The molecule has 1 unspecified atom stereocenters. The lowest BCUT2D eigenvalue weighted by atomic mass is 9.80. The second-order valence-electron chi connectivity index (χ2n) is 6.01. The van der Waals surface area contributed by atoms with Crippen molar-refractivity contribution in [3.8, 4) is 0 Å². The number of hydrogen-bond acceptors (Lipinski definition) is 2. The number of aromatic nitrogens is 2. The molecule has 0 radical (unpaired) electrons. The molecule has 0 bridgehead atoms. The van der Waals surface area contributed by atoms with Crippen molar-refractivity contribution in [3.05, 3.63) is 15.9 Å². The Morgan fingerprint density at radius 3 is 2.58 bits per heavy atom. The molecule has 1 atom stereocenters. The Balaban J connectivity index is 2.27. The van der Waals surface area contributed by atoms with Gasteiger partial charge in [-0.3, -0.25) is 4.68 Å². The number of nitrogens with zero attached hydrogens (tertiary/aromatic N) is 2. The molecule has 1 aromatic heterocycles. The van der Waals surface area contributed by atoms with Crippen LogP contribution >= 0.6 is 15.9 Å². The highest BCUT2D eigenvalue weighted by atomic mass is 79.9. The fourth-order valence-corrected chi connectivity index (χ4v) is 3.81. The van der Waals surface area contributed by atoms with E-state index in [-0.39, 0.29) is 0 Å². The van der Waals surface area contributed by atoms with Crippen LogP contribution in [0.25, 0.3) is 0 Å². The molecule has 1 aliphatic rings. The molecule has 0 amide bonds. The minimum atomic E-state index is 0.356. The van der Waals surface area contributed by atoms with Gasteiger partial charge < -0.3 is 5.32 Å². The van der Waals surface area contributed by atoms with Gasteiger partial charge in [-0.1, -0.05) is 13.8 Å². The lowest BCUT2D eigenvalue weighted by molar-refractivity contribution is 0.255. The van der Waals surface area contributed by atoms with Crippen LogP contribution in [0.5, 0.6) is 0 Å². The third kappa shape index (κ3) is 3.05. The van der Waals surface area contributed by atoms with Gasteiger partial charge in [-0.05, 0) is 66.9 Å². The maximum Gasteiger partial charge on any atom is 0.0766 e. The van der Waals surface area contributed by atoms with Gasteiger partial charge in [0.2, 0.25) is 0 Å². The van der Waals surface area contributed by atoms with Crippen LogP contribution in [0, 0.1) is 11.3 Å². The largest absolute Gasteiger partial charge is 0.319 e. The third-order valence-corrected chi connectivity index (χ3v) is 5.32. The lowest BCUT2D eigenvalue weighted by Crippen LogP contribution is -2.34. The summed E-state index contributed by atoms with van der Waals surface area (Å²) >= 11 is 3.77. The second kappa shape index (κ2) is 5.96. The molecule has 2 rings (SSSR count). The molecule has 3 nitrogen and oxygen atoms in total. The van der Waals surface area contributed by atoms with E-state index in [1.807, 2.05) is 0 Å². The van der Waals surface area contributed by atoms with Gasteiger partial charge in [-0.25, -0.2) is 0 Å². The zero-order valence-electron chi connectivity index (χ0n) is 12.6. The fraction of sp³-hybridized carbons (Fsp3) is 0.800. The monoisotopic (exact) mass is 327 g/mol. The van der Waals surface area contributed by atoms with Crippen LogP contribution in [0.15, 0.2) is 4.47 Å². The van der Waals surface area contributed by atoms with E-state index in [4.69, 9.17) is 5.10 Å². The van der Waals surface area contributed by atoms with Gasteiger partial charge >= 0.3 is 0 Å². The van der Waals surface area contributed by atoms with Gasteiger partial charge in [0.15, 0.2) is 0 Å². The van der Waals surface area contributed by atoms with E-state index in [9.17, 15) is 0 Å².